The summed E-state index contributed by atoms with van der Waals surface area (Å²) in [5.74, 6) is 0. The van der Waals surface area contributed by atoms with Crippen molar-refractivity contribution in [1.82, 2.24) is 9.97 Å². The molecule has 0 atom stereocenters. The quantitative estimate of drug-likeness (QED) is 0.149. The Morgan fingerprint density at radius 2 is 1.23 bits per heavy atom. The number of hydrogen-bond donors (Lipinski definition) is 1. The van der Waals surface area contributed by atoms with Gasteiger partial charge in [0.25, 0.3) is 0 Å². The monoisotopic (exact) mass is 638 g/mol. The predicted octanol–water partition coefficient (Wildman–Crippen LogP) is 7.49. The molecule has 0 fully saturated rings. The average molecular weight is 638 g/mol. The fourth-order valence-electron chi connectivity index (χ4n) is 3.75. The molecule has 0 aliphatic heterocycles. The number of pyridine rings is 2. The van der Waals surface area contributed by atoms with Crippen LogP contribution in [0.15, 0.2) is 91.3 Å². The minimum absolute atomic E-state index is 0. The topological polar surface area (TPSA) is 46.0 Å². The van der Waals surface area contributed by atoms with Crippen LogP contribution in [0.2, 0.25) is 0 Å². The third-order valence-corrected chi connectivity index (χ3v) is 5.60. The van der Waals surface area contributed by atoms with Gasteiger partial charge in [0.2, 0.25) is 0 Å². The van der Waals surface area contributed by atoms with E-state index in [-0.39, 0.29) is 26.7 Å². The van der Waals surface area contributed by atoms with E-state index in [2.05, 4.69) is 65.8 Å². The zero-order valence-corrected chi connectivity index (χ0v) is 22.1. The van der Waals surface area contributed by atoms with Crippen molar-refractivity contribution in [3.8, 4) is 22.5 Å². The molecule has 0 unspecified atom stereocenters. The zero-order valence-electron chi connectivity index (χ0n) is 19.7. The minimum atomic E-state index is 0. The molecule has 2 heterocycles. The number of aromatic nitrogens is 2. The molecular weight excluding hydrogens is 609 g/mol. The SMILES string of the molecule is [CH2-]CCC[CH-]CCO.[Ir+3].[c-]1c(-c2cc3ccccc3cn2)cccc1-c1cc2ccccc2cn1. The van der Waals surface area contributed by atoms with Gasteiger partial charge in [0.1, 0.15) is 0 Å². The number of unbranched alkanes of at least 4 members (excludes halogenated alkanes) is 4. The van der Waals surface area contributed by atoms with E-state index in [0.29, 0.717) is 0 Å². The minimum Gasteiger partial charge on any atom is -0.399 e. The Kier molecular flexibility index (Phi) is 10.6. The van der Waals surface area contributed by atoms with E-state index in [1.165, 1.54) is 10.8 Å². The van der Waals surface area contributed by atoms with Gasteiger partial charge in [-0.3, -0.25) is 9.97 Å². The van der Waals surface area contributed by atoms with Crippen molar-refractivity contribution in [2.45, 2.75) is 25.7 Å². The van der Waals surface area contributed by atoms with Crippen LogP contribution in [0.4, 0.5) is 0 Å². The molecule has 178 valence electrons. The van der Waals surface area contributed by atoms with E-state index in [0.717, 1.165) is 59.0 Å². The van der Waals surface area contributed by atoms with Crippen LogP contribution in [0.5, 0.6) is 0 Å². The summed E-state index contributed by atoms with van der Waals surface area (Å²) in [6.45, 7) is 3.99. The molecular formula is C31H29IrN2O. The molecule has 0 bridgehead atoms. The maximum absolute atomic E-state index is 8.32. The van der Waals surface area contributed by atoms with Crippen molar-refractivity contribution < 1.29 is 25.2 Å². The second-order valence-corrected chi connectivity index (χ2v) is 8.11. The number of hydrogen-bond acceptors (Lipinski definition) is 3. The van der Waals surface area contributed by atoms with E-state index in [1.807, 2.05) is 54.9 Å². The van der Waals surface area contributed by atoms with Gasteiger partial charge in [0, 0.05) is 30.4 Å². The third kappa shape index (κ3) is 7.29. The van der Waals surface area contributed by atoms with Gasteiger partial charge in [-0.2, -0.15) is 19.3 Å². The maximum atomic E-state index is 8.32. The summed E-state index contributed by atoms with van der Waals surface area (Å²) in [6.07, 6.45) is 10.0. The summed E-state index contributed by atoms with van der Waals surface area (Å²) in [4.78, 5) is 9.22. The number of rotatable bonds is 7. The van der Waals surface area contributed by atoms with Gasteiger partial charge < -0.3 is 18.5 Å². The van der Waals surface area contributed by atoms with Gasteiger partial charge in [-0.05, 0) is 21.5 Å². The molecule has 0 aliphatic carbocycles. The largest absolute Gasteiger partial charge is 3.00 e. The van der Waals surface area contributed by atoms with E-state index < -0.39 is 0 Å². The standard InChI is InChI=1S/C24H15N2.C7H14O.Ir/c1-3-8-21-15-25-23(13-17(21)6-1)19-10-5-11-20(12-19)24-14-18-7-2-4-9-22(18)16-26-24;1-2-3-4-5-6-7-8;/h1-11,13-16H;5,8H,1-4,6-7H2;/q-1;-2;+3. The fraction of sp³-hybridized carbons (Fsp3) is 0.161. The molecule has 0 spiro atoms. The maximum Gasteiger partial charge on any atom is 3.00 e. The first-order valence-electron chi connectivity index (χ1n) is 11.7. The predicted molar refractivity (Wildman–Crippen MR) is 142 cm³/mol. The molecule has 0 aliphatic rings. The van der Waals surface area contributed by atoms with Crippen LogP contribution in [-0.2, 0) is 20.1 Å². The Morgan fingerprint density at radius 3 is 1.71 bits per heavy atom. The Morgan fingerprint density at radius 1 is 0.714 bits per heavy atom. The van der Waals surface area contributed by atoms with Gasteiger partial charge in [0.05, 0.1) is 0 Å². The summed E-state index contributed by atoms with van der Waals surface area (Å²) in [5.41, 5.74) is 3.80. The van der Waals surface area contributed by atoms with Crippen LogP contribution in [0.1, 0.15) is 25.7 Å². The summed E-state index contributed by atoms with van der Waals surface area (Å²) >= 11 is 0. The molecule has 35 heavy (non-hydrogen) atoms. The Hall–Kier alpha value is -2.91. The molecule has 3 aromatic carbocycles. The van der Waals surface area contributed by atoms with Crippen molar-refractivity contribution in [3.05, 3.63) is 111 Å². The second-order valence-electron chi connectivity index (χ2n) is 8.11. The van der Waals surface area contributed by atoms with Crippen LogP contribution in [0.3, 0.4) is 0 Å². The summed E-state index contributed by atoms with van der Waals surface area (Å²) < 4.78 is 0. The van der Waals surface area contributed by atoms with E-state index in [1.54, 1.807) is 0 Å². The van der Waals surface area contributed by atoms with Gasteiger partial charge >= 0.3 is 20.1 Å². The van der Waals surface area contributed by atoms with E-state index >= 15 is 0 Å². The van der Waals surface area contributed by atoms with E-state index in [9.17, 15) is 0 Å². The van der Waals surface area contributed by atoms with Crippen molar-refractivity contribution in [2.75, 3.05) is 6.61 Å². The molecule has 4 heteroatoms. The average Bonchev–Trinajstić information content (AvgIpc) is 2.91. The molecule has 0 saturated carbocycles. The fourth-order valence-corrected chi connectivity index (χ4v) is 3.75. The Labute approximate surface area is 221 Å². The second kappa shape index (κ2) is 13.8. The number of aliphatic hydroxyl groups excluding tert-OH is 1. The number of benzene rings is 3. The molecule has 3 nitrogen and oxygen atoms in total. The van der Waals surface area contributed by atoms with Gasteiger partial charge in [-0.15, -0.1) is 30.7 Å². The van der Waals surface area contributed by atoms with Crippen molar-refractivity contribution in [2.24, 2.45) is 0 Å². The van der Waals surface area contributed by atoms with Crippen molar-refractivity contribution in [1.29, 1.82) is 0 Å². The Balaban J connectivity index is 0.000000332. The van der Waals surface area contributed by atoms with Crippen LogP contribution in [0.25, 0.3) is 44.1 Å². The zero-order chi connectivity index (χ0) is 23.6. The molecule has 1 N–H and O–H groups in total. The molecule has 0 radical (unpaired) electrons. The number of nitrogens with zero attached hydrogens (tertiary/aromatic N) is 2. The molecule has 5 aromatic rings. The summed E-state index contributed by atoms with van der Waals surface area (Å²) in [6, 6.07) is 30.3. The van der Waals surface area contributed by atoms with Crippen LogP contribution >= 0.6 is 0 Å². The smallest absolute Gasteiger partial charge is 0.399 e. The van der Waals surface area contributed by atoms with Gasteiger partial charge in [-0.25, -0.2) is 0 Å². The first-order valence-corrected chi connectivity index (χ1v) is 11.7. The molecule has 5 rings (SSSR count). The summed E-state index contributed by atoms with van der Waals surface area (Å²) in [5, 5.41) is 13.0. The summed E-state index contributed by atoms with van der Waals surface area (Å²) in [7, 11) is 0. The third-order valence-electron chi connectivity index (χ3n) is 5.60. The van der Waals surface area contributed by atoms with Crippen LogP contribution in [0, 0.1) is 19.4 Å². The number of fused-ring (bicyclic) bond motifs is 2. The Bertz CT molecular complexity index is 1250. The molecule has 0 amide bonds. The normalized spacial score (nSPS) is 10.5. The number of aliphatic hydroxyl groups is 1. The molecule has 0 saturated heterocycles. The van der Waals surface area contributed by atoms with E-state index in [4.69, 9.17) is 5.11 Å². The first kappa shape index (κ1) is 26.7. The van der Waals surface area contributed by atoms with Crippen LogP contribution in [-0.4, -0.2) is 21.7 Å². The molecule has 2 aromatic heterocycles. The first-order chi connectivity index (χ1) is 16.8. The van der Waals surface area contributed by atoms with Crippen molar-refractivity contribution >= 4 is 21.5 Å². The van der Waals surface area contributed by atoms with Crippen LogP contribution < -0.4 is 0 Å². The van der Waals surface area contributed by atoms with Gasteiger partial charge in [-0.1, -0.05) is 71.8 Å². The van der Waals surface area contributed by atoms with Crippen molar-refractivity contribution in [3.63, 3.8) is 0 Å². The van der Waals surface area contributed by atoms with Gasteiger partial charge in [0.15, 0.2) is 0 Å².